The molecule has 0 aromatic heterocycles. The standard InChI is InChI=1S/C17H24N2OS/c1-21-14-8-6-13(7-9-14)19-17(20)16-11-18-10-12-4-2-3-5-15(12)16/h2-5,13-14,16,18H,6-11H2,1H3,(H,19,20). The van der Waals surface area contributed by atoms with Gasteiger partial charge >= 0.3 is 0 Å². The van der Waals surface area contributed by atoms with E-state index in [1.807, 2.05) is 23.9 Å². The molecule has 4 heteroatoms. The minimum Gasteiger partial charge on any atom is -0.353 e. The first kappa shape index (κ1) is 14.9. The highest BCUT2D eigenvalue weighted by Crippen LogP contribution is 2.28. The molecule has 2 N–H and O–H groups in total. The van der Waals surface area contributed by atoms with Crippen LogP contribution in [0.2, 0.25) is 0 Å². The number of carbonyl (C=O) groups excluding carboxylic acids is 1. The topological polar surface area (TPSA) is 41.1 Å². The maximum absolute atomic E-state index is 12.6. The predicted molar refractivity (Wildman–Crippen MR) is 88.6 cm³/mol. The van der Waals surface area contributed by atoms with E-state index in [2.05, 4.69) is 29.0 Å². The van der Waals surface area contributed by atoms with Crippen molar-refractivity contribution in [3.05, 3.63) is 35.4 Å². The summed E-state index contributed by atoms with van der Waals surface area (Å²) in [7, 11) is 0. The van der Waals surface area contributed by atoms with Gasteiger partial charge in [0, 0.05) is 24.4 Å². The molecule has 1 fully saturated rings. The minimum absolute atomic E-state index is 0.0341. The zero-order chi connectivity index (χ0) is 14.7. The Balaban J connectivity index is 1.62. The fourth-order valence-electron chi connectivity index (χ4n) is 3.47. The van der Waals surface area contributed by atoms with Crippen molar-refractivity contribution in [1.82, 2.24) is 10.6 Å². The van der Waals surface area contributed by atoms with Crippen molar-refractivity contribution in [2.24, 2.45) is 0 Å². The number of hydrogen-bond donors (Lipinski definition) is 2. The Hall–Kier alpha value is -1.00. The molecule has 1 unspecified atom stereocenters. The number of thioether (sulfide) groups is 1. The third-order valence-electron chi connectivity index (χ3n) is 4.76. The van der Waals surface area contributed by atoms with E-state index in [1.165, 1.54) is 24.0 Å². The second-order valence-corrected chi connectivity index (χ2v) is 7.24. The van der Waals surface area contributed by atoms with Gasteiger partial charge in [0.05, 0.1) is 5.92 Å². The molecule has 0 radical (unpaired) electrons. The summed E-state index contributed by atoms with van der Waals surface area (Å²) in [4.78, 5) is 12.6. The van der Waals surface area contributed by atoms with Crippen LogP contribution < -0.4 is 10.6 Å². The van der Waals surface area contributed by atoms with Crippen LogP contribution in [0.3, 0.4) is 0 Å². The summed E-state index contributed by atoms with van der Waals surface area (Å²) in [6.07, 6.45) is 6.89. The normalized spacial score (nSPS) is 28.7. The number of carbonyl (C=O) groups is 1. The Morgan fingerprint density at radius 2 is 2.00 bits per heavy atom. The van der Waals surface area contributed by atoms with E-state index in [4.69, 9.17) is 0 Å². The van der Waals surface area contributed by atoms with E-state index in [1.54, 1.807) is 0 Å². The van der Waals surface area contributed by atoms with Crippen LogP contribution in [0, 0.1) is 0 Å². The van der Waals surface area contributed by atoms with E-state index < -0.39 is 0 Å². The number of benzene rings is 1. The molecule has 1 aliphatic heterocycles. The van der Waals surface area contributed by atoms with Gasteiger partial charge in [0.25, 0.3) is 0 Å². The average molecular weight is 304 g/mol. The predicted octanol–water partition coefficient (Wildman–Crippen LogP) is 2.66. The first-order chi connectivity index (χ1) is 10.3. The van der Waals surface area contributed by atoms with Crippen LogP contribution in [-0.4, -0.2) is 30.0 Å². The van der Waals surface area contributed by atoms with Crippen LogP contribution in [0.15, 0.2) is 24.3 Å². The summed E-state index contributed by atoms with van der Waals surface area (Å²) >= 11 is 1.96. The van der Waals surface area contributed by atoms with Gasteiger partial charge in [-0.3, -0.25) is 4.79 Å². The first-order valence-corrected chi connectivity index (χ1v) is 9.18. The highest BCUT2D eigenvalue weighted by atomic mass is 32.2. The van der Waals surface area contributed by atoms with Gasteiger partial charge in [0.1, 0.15) is 0 Å². The Morgan fingerprint density at radius 1 is 1.24 bits per heavy atom. The fourth-order valence-corrected chi connectivity index (χ4v) is 4.22. The number of nitrogens with one attached hydrogen (secondary N) is 2. The van der Waals surface area contributed by atoms with Crippen LogP contribution >= 0.6 is 11.8 Å². The van der Waals surface area contributed by atoms with Gasteiger partial charge in [-0.2, -0.15) is 11.8 Å². The molecule has 1 heterocycles. The van der Waals surface area contributed by atoms with E-state index >= 15 is 0 Å². The first-order valence-electron chi connectivity index (χ1n) is 7.89. The molecule has 1 amide bonds. The molecule has 3 nitrogen and oxygen atoms in total. The van der Waals surface area contributed by atoms with Gasteiger partial charge in [-0.05, 0) is 43.1 Å². The molecule has 1 aromatic rings. The summed E-state index contributed by atoms with van der Waals surface area (Å²) in [6.45, 7) is 1.63. The second kappa shape index (κ2) is 6.84. The van der Waals surface area contributed by atoms with Crippen molar-refractivity contribution in [2.45, 2.75) is 49.4 Å². The number of rotatable bonds is 3. The zero-order valence-electron chi connectivity index (χ0n) is 12.6. The van der Waals surface area contributed by atoms with Crippen LogP contribution in [0.1, 0.15) is 42.7 Å². The Labute approximate surface area is 131 Å². The maximum atomic E-state index is 12.6. The zero-order valence-corrected chi connectivity index (χ0v) is 13.4. The lowest BCUT2D eigenvalue weighted by atomic mass is 9.89. The van der Waals surface area contributed by atoms with Gasteiger partial charge in [-0.25, -0.2) is 0 Å². The van der Waals surface area contributed by atoms with Gasteiger partial charge in [-0.15, -0.1) is 0 Å². The Bertz CT molecular complexity index is 497. The molecule has 114 valence electrons. The third kappa shape index (κ3) is 3.43. The SMILES string of the molecule is CSC1CCC(NC(=O)C2CNCc3ccccc32)CC1. The van der Waals surface area contributed by atoms with E-state index in [-0.39, 0.29) is 11.8 Å². The molecule has 1 atom stereocenters. The second-order valence-electron chi connectivity index (χ2n) is 6.10. The van der Waals surface area contributed by atoms with Gasteiger partial charge in [-0.1, -0.05) is 24.3 Å². The van der Waals surface area contributed by atoms with Crippen molar-refractivity contribution in [3.8, 4) is 0 Å². The van der Waals surface area contributed by atoms with Crippen LogP contribution in [0.5, 0.6) is 0 Å². The van der Waals surface area contributed by atoms with Crippen molar-refractivity contribution >= 4 is 17.7 Å². The molecule has 2 aliphatic rings. The lowest BCUT2D eigenvalue weighted by molar-refractivity contribution is -0.123. The van der Waals surface area contributed by atoms with Gasteiger partial charge < -0.3 is 10.6 Å². The number of fused-ring (bicyclic) bond motifs is 1. The van der Waals surface area contributed by atoms with Crippen LogP contribution in [0.25, 0.3) is 0 Å². The third-order valence-corrected chi connectivity index (χ3v) is 5.90. The van der Waals surface area contributed by atoms with Crippen molar-refractivity contribution in [3.63, 3.8) is 0 Å². The largest absolute Gasteiger partial charge is 0.353 e. The van der Waals surface area contributed by atoms with E-state index in [9.17, 15) is 4.79 Å². The molecular formula is C17H24N2OS. The van der Waals surface area contributed by atoms with Crippen LogP contribution in [-0.2, 0) is 11.3 Å². The molecule has 0 bridgehead atoms. The summed E-state index contributed by atoms with van der Waals surface area (Å²) in [5.41, 5.74) is 2.46. The molecule has 3 rings (SSSR count). The van der Waals surface area contributed by atoms with Crippen molar-refractivity contribution in [1.29, 1.82) is 0 Å². The molecule has 0 saturated heterocycles. The summed E-state index contributed by atoms with van der Waals surface area (Å²) in [5.74, 6) is 0.162. The minimum atomic E-state index is -0.0341. The fraction of sp³-hybridized carbons (Fsp3) is 0.588. The lowest BCUT2D eigenvalue weighted by Crippen LogP contribution is -2.44. The maximum Gasteiger partial charge on any atom is 0.229 e. The summed E-state index contributed by atoms with van der Waals surface area (Å²) in [5, 5.41) is 7.43. The highest BCUT2D eigenvalue weighted by molar-refractivity contribution is 7.99. The highest BCUT2D eigenvalue weighted by Gasteiger charge is 2.29. The smallest absolute Gasteiger partial charge is 0.229 e. The monoisotopic (exact) mass is 304 g/mol. The summed E-state index contributed by atoms with van der Waals surface area (Å²) < 4.78 is 0. The number of amides is 1. The van der Waals surface area contributed by atoms with Gasteiger partial charge in [0.2, 0.25) is 5.91 Å². The van der Waals surface area contributed by atoms with Crippen molar-refractivity contribution < 1.29 is 4.79 Å². The molecule has 1 aliphatic carbocycles. The molecule has 1 saturated carbocycles. The average Bonchev–Trinajstić information content (AvgIpc) is 2.55. The van der Waals surface area contributed by atoms with E-state index in [0.29, 0.717) is 6.04 Å². The number of hydrogen-bond acceptors (Lipinski definition) is 3. The molecular weight excluding hydrogens is 280 g/mol. The summed E-state index contributed by atoms with van der Waals surface area (Å²) in [6, 6.07) is 8.67. The molecule has 1 aromatic carbocycles. The Morgan fingerprint density at radius 3 is 2.76 bits per heavy atom. The molecule has 21 heavy (non-hydrogen) atoms. The quantitative estimate of drug-likeness (QED) is 0.902. The van der Waals surface area contributed by atoms with Crippen LogP contribution in [0.4, 0.5) is 0 Å². The van der Waals surface area contributed by atoms with Crippen molar-refractivity contribution in [2.75, 3.05) is 12.8 Å². The van der Waals surface area contributed by atoms with Gasteiger partial charge in [0.15, 0.2) is 0 Å². The Kier molecular flexibility index (Phi) is 4.86. The van der Waals surface area contributed by atoms with E-state index in [0.717, 1.165) is 31.2 Å². The lowest BCUT2D eigenvalue weighted by Gasteiger charge is -2.31. The molecule has 0 spiro atoms.